The zero-order chi connectivity index (χ0) is 22.2. The first-order valence-corrected chi connectivity index (χ1v) is 9.37. The molecule has 1 heterocycles. The van der Waals surface area contributed by atoms with Crippen molar-refractivity contribution in [2.45, 2.75) is 6.92 Å². The summed E-state index contributed by atoms with van der Waals surface area (Å²) in [6.07, 6.45) is 1.30. The van der Waals surface area contributed by atoms with E-state index in [0.717, 1.165) is 0 Å². The Bertz CT molecular complexity index is 1050. The maximum absolute atomic E-state index is 12.3. The Labute approximate surface area is 178 Å². The number of aromatic nitrogens is 2. The maximum atomic E-state index is 12.3. The third-order valence-electron chi connectivity index (χ3n) is 4.19. The summed E-state index contributed by atoms with van der Waals surface area (Å²) in [7, 11) is 1.55. The molecule has 31 heavy (non-hydrogen) atoms. The van der Waals surface area contributed by atoms with E-state index in [2.05, 4.69) is 26.1 Å². The monoisotopic (exact) mass is 422 g/mol. The van der Waals surface area contributed by atoms with Gasteiger partial charge in [0.1, 0.15) is 17.8 Å². The minimum absolute atomic E-state index is 0.201. The second kappa shape index (κ2) is 9.92. The summed E-state index contributed by atoms with van der Waals surface area (Å²) in [6, 6.07) is 13.3. The number of hydrazine groups is 1. The van der Waals surface area contributed by atoms with E-state index in [4.69, 9.17) is 15.2 Å². The van der Waals surface area contributed by atoms with Crippen LogP contribution in [0.3, 0.4) is 0 Å². The molecule has 0 bridgehead atoms. The average molecular weight is 422 g/mol. The van der Waals surface area contributed by atoms with Crippen LogP contribution < -0.4 is 26.6 Å². The number of hydrogen-bond acceptors (Lipinski definition) is 9. The normalized spacial score (nSPS) is 10.1. The molecule has 1 aromatic heterocycles. The van der Waals surface area contributed by atoms with Crippen LogP contribution in [0, 0.1) is 0 Å². The highest BCUT2D eigenvalue weighted by atomic mass is 16.5. The molecule has 0 unspecified atom stereocenters. The Morgan fingerprint density at radius 2 is 1.61 bits per heavy atom. The molecule has 10 heteroatoms. The van der Waals surface area contributed by atoms with Gasteiger partial charge in [-0.15, -0.1) is 0 Å². The van der Waals surface area contributed by atoms with Crippen molar-refractivity contribution >= 4 is 34.9 Å². The van der Waals surface area contributed by atoms with Crippen molar-refractivity contribution in [2.75, 3.05) is 30.2 Å². The van der Waals surface area contributed by atoms with Gasteiger partial charge in [0.2, 0.25) is 0 Å². The fraction of sp³-hybridized carbons (Fsp3) is 0.143. The summed E-state index contributed by atoms with van der Waals surface area (Å²) in [5, 5.41) is 3.05. The van der Waals surface area contributed by atoms with Crippen LogP contribution in [-0.2, 0) is 4.74 Å². The topological polar surface area (TPSA) is 140 Å². The molecular formula is C21H22N6O4. The number of ether oxygens (including phenoxy) is 2. The van der Waals surface area contributed by atoms with Crippen LogP contribution in [0.15, 0.2) is 54.9 Å². The van der Waals surface area contributed by atoms with Crippen molar-refractivity contribution in [1.82, 2.24) is 15.4 Å². The number of nitrogen functional groups attached to an aromatic ring is 1. The number of methoxy groups -OCH3 is 1. The number of carbonyl (C=O) groups is 2. The van der Waals surface area contributed by atoms with Crippen molar-refractivity contribution in [3.8, 4) is 5.75 Å². The molecule has 5 N–H and O–H groups in total. The fourth-order valence-electron chi connectivity index (χ4n) is 2.57. The molecule has 0 aliphatic rings. The van der Waals surface area contributed by atoms with Crippen LogP contribution in [0.4, 0.5) is 23.0 Å². The Morgan fingerprint density at radius 3 is 2.26 bits per heavy atom. The van der Waals surface area contributed by atoms with E-state index in [0.29, 0.717) is 35.0 Å². The van der Waals surface area contributed by atoms with E-state index in [1.54, 1.807) is 62.6 Å². The largest absolute Gasteiger partial charge is 0.497 e. The molecule has 0 atom stereocenters. The predicted molar refractivity (Wildman–Crippen MR) is 116 cm³/mol. The maximum Gasteiger partial charge on any atom is 0.338 e. The number of nitrogens with one attached hydrogen (secondary N) is 3. The first-order chi connectivity index (χ1) is 15.0. The van der Waals surface area contributed by atoms with Gasteiger partial charge in [-0.05, 0) is 55.5 Å². The van der Waals surface area contributed by atoms with Crippen molar-refractivity contribution in [3.63, 3.8) is 0 Å². The summed E-state index contributed by atoms with van der Waals surface area (Å²) < 4.78 is 10.0. The first-order valence-electron chi connectivity index (χ1n) is 9.37. The zero-order valence-electron chi connectivity index (χ0n) is 17.0. The number of nitrogens with two attached hydrogens (primary N) is 1. The van der Waals surface area contributed by atoms with E-state index in [1.807, 2.05) is 0 Å². The van der Waals surface area contributed by atoms with Gasteiger partial charge in [-0.25, -0.2) is 14.8 Å². The summed E-state index contributed by atoms with van der Waals surface area (Å²) in [6.45, 7) is 2.05. The molecule has 0 aliphatic heterocycles. The lowest BCUT2D eigenvalue weighted by molar-refractivity contribution is 0.0526. The molecule has 0 saturated heterocycles. The number of hydrogen-bond donors (Lipinski definition) is 4. The third kappa shape index (κ3) is 5.38. The lowest BCUT2D eigenvalue weighted by Crippen LogP contribution is -2.30. The van der Waals surface area contributed by atoms with Crippen molar-refractivity contribution in [1.29, 1.82) is 0 Å². The van der Waals surface area contributed by atoms with Crippen LogP contribution >= 0.6 is 0 Å². The molecule has 0 fully saturated rings. The number of rotatable bonds is 8. The third-order valence-corrected chi connectivity index (χ3v) is 4.19. The minimum atomic E-state index is -0.394. The van der Waals surface area contributed by atoms with Gasteiger partial charge in [0.05, 0.1) is 19.3 Å². The molecule has 0 aliphatic carbocycles. The predicted octanol–water partition coefficient (Wildman–Crippen LogP) is 2.74. The summed E-state index contributed by atoms with van der Waals surface area (Å²) in [5.41, 5.74) is 13.1. The molecular weight excluding hydrogens is 400 g/mol. The molecule has 10 nitrogen and oxygen atoms in total. The molecule has 160 valence electrons. The van der Waals surface area contributed by atoms with Gasteiger partial charge in [0, 0.05) is 11.3 Å². The SMILES string of the molecule is CCOC(=O)c1ccc(Nc2ncnc(NNC(=O)c3ccc(OC)cc3)c2N)cc1. The lowest BCUT2D eigenvalue weighted by atomic mass is 10.2. The highest BCUT2D eigenvalue weighted by Gasteiger charge is 2.11. The van der Waals surface area contributed by atoms with Crippen LogP contribution in [-0.4, -0.2) is 35.6 Å². The fourth-order valence-corrected chi connectivity index (χ4v) is 2.57. The number of esters is 1. The quantitative estimate of drug-likeness (QED) is 0.318. The minimum Gasteiger partial charge on any atom is -0.497 e. The Hall–Kier alpha value is -4.34. The molecule has 3 rings (SSSR count). The van der Waals surface area contributed by atoms with E-state index >= 15 is 0 Å². The van der Waals surface area contributed by atoms with Gasteiger partial charge < -0.3 is 20.5 Å². The van der Waals surface area contributed by atoms with Gasteiger partial charge in [0.15, 0.2) is 11.6 Å². The van der Waals surface area contributed by atoms with E-state index < -0.39 is 5.97 Å². The van der Waals surface area contributed by atoms with Crippen molar-refractivity contribution in [2.24, 2.45) is 0 Å². The summed E-state index contributed by atoms with van der Waals surface area (Å²) in [5.74, 6) is 0.442. The molecule has 0 saturated carbocycles. The summed E-state index contributed by atoms with van der Waals surface area (Å²) in [4.78, 5) is 32.2. The highest BCUT2D eigenvalue weighted by molar-refractivity contribution is 5.95. The molecule has 2 aromatic carbocycles. The Kier molecular flexibility index (Phi) is 6.84. The van der Waals surface area contributed by atoms with E-state index in [9.17, 15) is 9.59 Å². The highest BCUT2D eigenvalue weighted by Crippen LogP contribution is 2.25. The van der Waals surface area contributed by atoms with Gasteiger partial charge in [-0.3, -0.25) is 15.6 Å². The van der Waals surface area contributed by atoms with Gasteiger partial charge in [-0.2, -0.15) is 0 Å². The second-order valence-corrected chi connectivity index (χ2v) is 6.22. The number of nitrogens with zero attached hydrogens (tertiary/aromatic N) is 2. The summed E-state index contributed by atoms with van der Waals surface area (Å²) >= 11 is 0. The smallest absolute Gasteiger partial charge is 0.338 e. The van der Waals surface area contributed by atoms with Gasteiger partial charge in [0.25, 0.3) is 5.91 Å². The molecule has 0 radical (unpaired) electrons. The van der Waals surface area contributed by atoms with E-state index in [-0.39, 0.29) is 17.4 Å². The van der Waals surface area contributed by atoms with Crippen LogP contribution in [0.25, 0.3) is 0 Å². The second-order valence-electron chi connectivity index (χ2n) is 6.22. The molecule has 3 aromatic rings. The first kappa shape index (κ1) is 21.4. The molecule has 0 spiro atoms. The zero-order valence-corrected chi connectivity index (χ0v) is 17.0. The van der Waals surface area contributed by atoms with Crippen LogP contribution in [0.5, 0.6) is 5.75 Å². The van der Waals surface area contributed by atoms with Crippen molar-refractivity contribution in [3.05, 3.63) is 66.0 Å². The van der Waals surface area contributed by atoms with Gasteiger partial charge >= 0.3 is 5.97 Å². The van der Waals surface area contributed by atoms with Crippen LogP contribution in [0.2, 0.25) is 0 Å². The number of carbonyl (C=O) groups excluding carboxylic acids is 2. The number of anilines is 4. The van der Waals surface area contributed by atoms with Crippen LogP contribution in [0.1, 0.15) is 27.6 Å². The Morgan fingerprint density at radius 1 is 0.968 bits per heavy atom. The van der Waals surface area contributed by atoms with Gasteiger partial charge in [-0.1, -0.05) is 0 Å². The van der Waals surface area contributed by atoms with Crippen molar-refractivity contribution < 1.29 is 19.1 Å². The number of amides is 1. The number of benzene rings is 2. The van der Waals surface area contributed by atoms with E-state index in [1.165, 1.54) is 6.33 Å². The molecule has 1 amide bonds. The lowest BCUT2D eigenvalue weighted by Gasteiger charge is -2.13. The Balaban J connectivity index is 1.65. The average Bonchev–Trinajstić information content (AvgIpc) is 2.80. The standard InChI is InChI=1S/C21H22N6O4/c1-3-31-21(29)14-4-8-15(9-5-14)25-18-17(22)19(24-12-23-18)26-27-20(28)13-6-10-16(30-2)11-7-13/h4-12H,3,22H2,1-2H3,(H,27,28)(H2,23,24,25,26).